The number of dihydropyridines is 1. The molecule has 1 aliphatic heterocycles. The number of hydrogen-bond donors (Lipinski definition) is 1. The van der Waals surface area contributed by atoms with Gasteiger partial charge in [-0.15, -0.1) is 0 Å². The lowest BCUT2D eigenvalue weighted by atomic mass is 10.3. The van der Waals surface area contributed by atoms with E-state index in [2.05, 4.69) is 11.9 Å². The fourth-order valence-electron chi connectivity index (χ4n) is 0.638. The molecule has 0 saturated heterocycles. The summed E-state index contributed by atoms with van der Waals surface area (Å²) in [5, 5.41) is 3.04. The highest BCUT2D eigenvalue weighted by Gasteiger charge is 1.86. The highest BCUT2D eigenvalue weighted by Crippen LogP contribution is 1.96. The Labute approximate surface area is 55.1 Å². The summed E-state index contributed by atoms with van der Waals surface area (Å²) >= 11 is 0. The lowest BCUT2D eigenvalue weighted by molar-refractivity contribution is 1.10. The summed E-state index contributed by atoms with van der Waals surface area (Å²) < 4.78 is 0. The van der Waals surface area contributed by atoms with Crippen LogP contribution in [0.25, 0.3) is 0 Å². The van der Waals surface area contributed by atoms with Crippen molar-refractivity contribution in [2.45, 2.75) is 0 Å². The SMILES string of the molecule is C=CC=C1C=CC=CN1. The van der Waals surface area contributed by atoms with Gasteiger partial charge in [0.25, 0.3) is 0 Å². The normalized spacial score (nSPS) is 19.8. The second-order valence-electron chi connectivity index (χ2n) is 1.72. The Morgan fingerprint density at radius 2 is 2.33 bits per heavy atom. The van der Waals surface area contributed by atoms with Crippen LogP contribution in [-0.2, 0) is 0 Å². The molecule has 1 N–H and O–H groups in total. The molecule has 46 valence electrons. The Morgan fingerprint density at radius 1 is 1.44 bits per heavy atom. The van der Waals surface area contributed by atoms with Crippen LogP contribution >= 0.6 is 0 Å². The molecule has 0 unspecified atom stereocenters. The van der Waals surface area contributed by atoms with E-state index in [0.29, 0.717) is 0 Å². The van der Waals surface area contributed by atoms with Crippen molar-refractivity contribution in [1.29, 1.82) is 0 Å². The third-order valence-corrected chi connectivity index (χ3v) is 1.03. The summed E-state index contributed by atoms with van der Waals surface area (Å²) in [7, 11) is 0. The van der Waals surface area contributed by atoms with Gasteiger partial charge >= 0.3 is 0 Å². The predicted molar refractivity (Wildman–Crippen MR) is 39.7 cm³/mol. The molecule has 0 bridgehead atoms. The average Bonchev–Trinajstić information content (AvgIpc) is 1.91. The molecule has 0 fully saturated rings. The van der Waals surface area contributed by atoms with Gasteiger partial charge in [0, 0.05) is 11.9 Å². The van der Waals surface area contributed by atoms with Crippen molar-refractivity contribution >= 4 is 0 Å². The van der Waals surface area contributed by atoms with Gasteiger partial charge in [0.2, 0.25) is 0 Å². The molecule has 0 atom stereocenters. The molecule has 0 aliphatic carbocycles. The van der Waals surface area contributed by atoms with Gasteiger partial charge in [-0.25, -0.2) is 0 Å². The zero-order chi connectivity index (χ0) is 6.53. The van der Waals surface area contributed by atoms with Crippen molar-refractivity contribution in [2.75, 3.05) is 0 Å². The first-order valence-electron chi connectivity index (χ1n) is 2.86. The van der Waals surface area contributed by atoms with E-state index in [0.717, 1.165) is 5.70 Å². The van der Waals surface area contributed by atoms with Gasteiger partial charge in [0.1, 0.15) is 0 Å². The highest BCUT2D eigenvalue weighted by molar-refractivity contribution is 5.29. The quantitative estimate of drug-likeness (QED) is 0.554. The zero-order valence-electron chi connectivity index (χ0n) is 5.17. The zero-order valence-corrected chi connectivity index (χ0v) is 5.17. The van der Waals surface area contributed by atoms with Crippen molar-refractivity contribution in [2.24, 2.45) is 0 Å². The first kappa shape index (κ1) is 5.89. The molecule has 0 aromatic carbocycles. The van der Waals surface area contributed by atoms with Gasteiger partial charge < -0.3 is 5.32 Å². The van der Waals surface area contributed by atoms with Crippen LogP contribution in [0.5, 0.6) is 0 Å². The Hall–Kier alpha value is -1.24. The molecule has 1 rings (SSSR count). The first-order chi connectivity index (χ1) is 4.43. The summed E-state index contributed by atoms with van der Waals surface area (Å²) in [5.74, 6) is 0. The standard InChI is InChI=1S/C8H9N/c1-2-5-8-6-3-4-7-9-8/h2-7,9H,1H2. The molecule has 1 heterocycles. The third kappa shape index (κ3) is 1.61. The average molecular weight is 119 g/mol. The fraction of sp³-hybridized carbons (Fsp3) is 0. The fourth-order valence-corrected chi connectivity index (χ4v) is 0.638. The van der Waals surface area contributed by atoms with Crippen LogP contribution < -0.4 is 5.32 Å². The van der Waals surface area contributed by atoms with Crippen molar-refractivity contribution in [3.63, 3.8) is 0 Å². The van der Waals surface area contributed by atoms with Gasteiger partial charge in [0.05, 0.1) is 0 Å². The second-order valence-corrected chi connectivity index (χ2v) is 1.72. The summed E-state index contributed by atoms with van der Waals surface area (Å²) in [4.78, 5) is 0. The van der Waals surface area contributed by atoms with Crippen LogP contribution in [0.15, 0.2) is 48.9 Å². The summed E-state index contributed by atoms with van der Waals surface area (Å²) in [6.45, 7) is 3.58. The van der Waals surface area contributed by atoms with E-state index in [1.54, 1.807) is 6.08 Å². The molecule has 1 nitrogen and oxygen atoms in total. The van der Waals surface area contributed by atoms with Crippen LogP contribution in [0.3, 0.4) is 0 Å². The van der Waals surface area contributed by atoms with Gasteiger partial charge in [-0.3, -0.25) is 0 Å². The van der Waals surface area contributed by atoms with Crippen LogP contribution in [0.1, 0.15) is 0 Å². The smallest absolute Gasteiger partial charge is 0.0379 e. The van der Waals surface area contributed by atoms with E-state index < -0.39 is 0 Å². The Bertz CT molecular complexity index is 185. The van der Waals surface area contributed by atoms with Crippen molar-refractivity contribution in [1.82, 2.24) is 5.32 Å². The molecule has 0 spiro atoms. The molecule has 0 radical (unpaired) electrons. The highest BCUT2D eigenvalue weighted by atomic mass is 14.8. The van der Waals surface area contributed by atoms with Crippen LogP contribution in [0.4, 0.5) is 0 Å². The minimum absolute atomic E-state index is 1.08. The molecule has 0 aromatic heterocycles. The lowest BCUT2D eigenvalue weighted by Gasteiger charge is -2.02. The van der Waals surface area contributed by atoms with Crippen LogP contribution in [0, 0.1) is 0 Å². The number of rotatable bonds is 1. The Morgan fingerprint density at radius 3 is 2.89 bits per heavy atom. The minimum Gasteiger partial charge on any atom is -0.362 e. The Kier molecular flexibility index (Phi) is 1.91. The topological polar surface area (TPSA) is 12.0 Å². The number of nitrogens with one attached hydrogen (secondary N) is 1. The summed E-state index contributed by atoms with van der Waals surface area (Å²) in [6.07, 6.45) is 11.5. The third-order valence-electron chi connectivity index (χ3n) is 1.03. The summed E-state index contributed by atoms with van der Waals surface area (Å²) in [6, 6.07) is 0. The van der Waals surface area contributed by atoms with E-state index in [1.165, 1.54) is 0 Å². The van der Waals surface area contributed by atoms with Crippen molar-refractivity contribution in [3.8, 4) is 0 Å². The van der Waals surface area contributed by atoms with Gasteiger partial charge in [-0.05, 0) is 18.2 Å². The van der Waals surface area contributed by atoms with Crippen LogP contribution in [0.2, 0.25) is 0 Å². The minimum atomic E-state index is 1.08. The Balaban J connectivity index is 2.65. The molecule has 9 heavy (non-hydrogen) atoms. The van der Waals surface area contributed by atoms with Gasteiger partial charge in [-0.2, -0.15) is 0 Å². The predicted octanol–water partition coefficient (Wildman–Crippen LogP) is 1.73. The largest absolute Gasteiger partial charge is 0.362 e. The first-order valence-corrected chi connectivity index (χ1v) is 2.86. The maximum Gasteiger partial charge on any atom is 0.0379 e. The molecule has 1 heteroatoms. The van der Waals surface area contributed by atoms with E-state index in [9.17, 15) is 0 Å². The summed E-state index contributed by atoms with van der Waals surface area (Å²) in [5.41, 5.74) is 1.08. The maximum absolute atomic E-state index is 3.58. The lowest BCUT2D eigenvalue weighted by Crippen LogP contribution is -2.03. The molecular weight excluding hydrogens is 110 g/mol. The van der Waals surface area contributed by atoms with E-state index in [4.69, 9.17) is 0 Å². The molecule has 0 aromatic rings. The molecular formula is C8H9N. The van der Waals surface area contributed by atoms with Crippen molar-refractivity contribution in [3.05, 3.63) is 48.9 Å². The van der Waals surface area contributed by atoms with Crippen LogP contribution in [-0.4, -0.2) is 0 Å². The molecule has 1 aliphatic rings. The molecule has 0 saturated carbocycles. The second kappa shape index (κ2) is 2.92. The number of allylic oxidation sites excluding steroid dienone is 5. The van der Waals surface area contributed by atoms with Gasteiger partial charge in [0.15, 0.2) is 0 Å². The van der Waals surface area contributed by atoms with E-state index in [-0.39, 0.29) is 0 Å². The maximum atomic E-state index is 3.58. The monoisotopic (exact) mass is 119 g/mol. The van der Waals surface area contributed by atoms with Crippen molar-refractivity contribution < 1.29 is 0 Å². The number of hydrogen-bond acceptors (Lipinski definition) is 1. The van der Waals surface area contributed by atoms with E-state index >= 15 is 0 Å². The van der Waals surface area contributed by atoms with E-state index in [1.807, 2.05) is 30.5 Å². The van der Waals surface area contributed by atoms with Gasteiger partial charge in [-0.1, -0.05) is 18.7 Å². The molecule has 0 amide bonds.